The lowest BCUT2D eigenvalue weighted by atomic mass is 9.73. The fourth-order valence-electron chi connectivity index (χ4n) is 5.40. The first kappa shape index (κ1) is 25.5. The number of halogens is 1. The molecule has 1 unspecified atom stereocenters. The van der Waals surface area contributed by atoms with E-state index in [-0.39, 0.29) is 36.0 Å². The summed E-state index contributed by atoms with van der Waals surface area (Å²) in [5.74, 6) is 0.226. The second-order valence-corrected chi connectivity index (χ2v) is 10.7. The number of carbonyl (C=O) groups is 2. The summed E-state index contributed by atoms with van der Waals surface area (Å²) in [4.78, 5) is 29.1. The van der Waals surface area contributed by atoms with Crippen LogP contribution in [-0.2, 0) is 16.1 Å². The van der Waals surface area contributed by atoms with E-state index < -0.39 is 6.04 Å². The zero-order valence-corrected chi connectivity index (χ0v) is 21.9. The van der Waals surface area contributed by atoms with Gasteiger partial charge in [0.05, 0.1) is 31.1 Å². The van der Waals surface area contributed by atoms with Gasteiger partial charge in [0.15, 0.2) is 5.78 Å². The molecule has 0 radical (unpaired) electrons. The number of amides is 1. The molecule has 0 saturated heterocycles. The number of Topliss-reactive ketones (excluding diaryl/α,β-unsaturated/α-hetero) is 1. The van der Waals surface area contributed by atoms with Crippen molar-refractivity contribution in [2.24, 2.45) is 5.41 Å². The van der Waals surface area contributed by atoms with Gasteiger partial charge in [-0.2, -0.15) is 0 Å². The number of rotatable bonds is 6. The van der Waals surface area contributed by atoms with E-state index in [1.54, 1.807) is 19.2 Å². The zero-order valence-electron chi connectivity index (χ0n) is 21.9. The molecule has 0 fully saturated rings. The minimum Gasteiger partial charge on any atom is -0.497 e. The van der Waals surface area contributed by atoms with Crippen LogP contribution >= 0.6 is 0 Å². The minimum atomic E-state index is -0.489. The molecule has 1 heterocycles. The Bertz CT molecular complexity index is 1400. The number of allylic oxidation sites excluding steroid dienone is 1. The molecule has 1 aliphatic heterocycles. The van der Waals surface area contributed by atoms with Crippen LogP contribution in [0.5, 0.6) is 5.75 Å². The van der Waals surface area contributed by atoms with Crippen LogP contribution in [0.15, 0.2) is 84.1 Å². The molecule has 0 bridgehead atoms. The van der Waals surface area contributed by atoms with Crippen LogP contribution in [0.2, 0.25) is 0 Å². The first-order valence-electron chi connectivity index (χ1n) is 12.8. The maximum atomic E-state index is 13.8. The highest BCUT2D eigenvalue weighted by molar-refractivity contribution is 6.01. The molecular weight excluding hydrogens is 481 g/mol. The summed E-state index contributed by atoms with van der Waals surface area (Å²) in [7, 11) is 1.61. The van der Waals surface area contributed by atoms with Crippen molar-refractivity contribution in [3.63, 3.8) is 0 Å². The second kappa shape index (κ2) is 10.3. The summed E-state index contributed by atoms with van der Waals surface area (Å²) < 4.78 is 18.8. The van der Waals surface area contributed by atoms with Crippen molar-refractivity contribution in [1.82, 2.24) is 5.32 Å². The summed E-state index contributed by atoms with van der Waals surface area (Å²) in [5.41, 5.74) is 4.74. The standard InChI is InChI=1S/C31H32FN3O3/c1-31(2)16-25-29(27(36)17-31)30(21-7-6-8-23(15-21)38-3)35(26-10-5-4-9-24(26)34-25)19-28(37)33-18-20-11-13-22(32)14-12-20/h4-15,30,34H,16-19H2,1-3H3,(H,33,37). The Labute approximate surface area is 222 Å². The predicted molar refractivity (Wildman–Crippen MR) is 146 cm³/mol. The van der Waals surface area contributed by atoms with E-state index in [2.05, 4.69) is 24.5 Å². The molecule has 1 atom stereocenters. The third kappa shape index (κ3) is 5.28. The van der Waals surface area contributed by atoms with Crippen LogP contribution < -0.4 is 20.3 Å². The molecule has 2 aliphatic rings. The molecule has 38 heavy (non-hydrogen) atoms. The molecule has 6 nitrogen and oxygen atoms in total. The van der Waals surface area contributed by atoms with Crippen molar-refractivity contribution < 1.29 is 18.7 Å². The Kier molecular flexibility index (Phi) is 6.93. The number of carbonyl (C=O) groups excluding carboxylic acids is 2. The number of nitrogens with one attached hydrogen (secondary N) is 2. The van der Waals surface area contributed by atoms with E-state index in [1.165, 1.54) is 12.1 Å². The molecule has 196 valence electrons. The third-order valence-corrected chi connectivity index (χ3v) is 7.13. The van der Waals surface area contributed by atoms with Crippen molar-refractivity contribution >= 4 is 23.1 Å². The highest BCUT2D eigenvalue weighted by Gasteiger charge is 2.42. The molecular formula is C31H32FN3O3. The number of nitrogens with zero attached hydrogens (tertiary/aromatic N) is 1. The van der Waals surface area contributed by atoms with Crippen LogP contribution in [0.1, 0.15) is 43.9 Å². The lowest BCUT2D eigenvalue weighted by molar-refractivity contribution is -0.120. The third-order valence-electron chi connectivity index (χ3n) is 7.13. The van der Waals surface area contributed by atoms with E-state index in [0.29, 0.717) is 24.2 Å². The monoisotopic (exact) mass is 513 g/mol. The average molecular weight is 514 g/mol. The minimum absolute atomic E-state index is 0.0230. The number of ether oxygens (including phenoxy) is 1. The highest BCUT2D eigenvalue weighted by Crippen LogP contribution is 2.48. The van der Waals surface area contributed by atoms with Gasteiger partial charge in [0, 0.05) is 24.2 Å². The normalized spacial score (nSPS) is 18.2. The van der Waals surface area contributed by atoms with E-state index in [1.807, 2.05) is 53.4 Å². The Morgan fingerprint density at radius 3 is 2.61 bits per heavy atom. The Hall–Kier alpha value is -4.13. The first-order chi connectivity index (χ1) is 18.2. The summed E-state index contributed by atoms with van der Waals surface area (Å²) in [5, 5.41) is 6.52. The van der Waals surface area contributed by atoms with Gasteiger partial charge in [0.1, 0.15) is 11.6 Å². The number of hydrogen-bond donors (Lipinski definition) is 2. The lowest BCUT2D eigenvalue weighted by Gasteiger charge is -2.38. The van der Waals surface area contributed by atoms with Crippen molar-refractivity contribution in [2.45, 2.75) is 39.3 Å². The summed E-state index contributed by atoms with van der Waals surface area (Å²) in [6, 6.07) is 21.1. The molecule has 1 amide bonds. The van der Waals surface area contributed by atoms with Crippen LogP contribution in [0.3, 0.4) is 0 Å². The van der Waals surface area contributed by atoms with E-state index in [9.17, 15) is 14.0 Å². The molecule has 5 rings (SSSR count). The number of fused-ring (bicyclic) bond motifs is 1. The summed E-state index contributed by atoms with van der Waals surface area (Å²) in [6.07, 6.45) is 1.14. The molecule has 2 N–H and O–H groups in total. The van der Waals surface area contributed by atoms with Gasteiger partial charge in [-0.3, -0.25) is 9.59 Å². The quantitative estimate of drug-likeness (QED) is 0.438. The molecule has 3 aromatic rings. The van der Waals surface area contributed by atoms with Gasteiger partial charge in [0.25, 0.3) is 0 Å². The second-order valence-electron chi connectivity index (χ2n) is 10.7. The summed E-state index contributed by atoms with van der Waals surface area (Å²) in [6.45, 7) is 4.51. The van der Waals surface area contributed by atoms with E-state index in [0.717, 1.165) is 28.2 Å². The lowest BCUT2D eigenvalue weighted by Crippen LogP contribution is -2.41. The van der Waals surface area contributed by atoms with Crippen molar-refractivity contribution in [3.05, 3.63) is 101 Å². The maximum absolute atomic E-state index is 13.8. The fraction of sp³-hybridized carbons (Fsp3) is 0.290. The van der Waals surface area contributed by atoms with Gasteiger partial charge in [0.2, 0.25) is 5.91 Å². The van der Waals surface area contributed by atoms with E-state index >= 15 is 0 Å². The van der Waals surface area contributed by atoms with Gasteiger partial charge in [-0.1, -0.05) is 50.2 Å². The van der Waals surface area contributed by atoms with Gasteiger partial charge >= 0.3 is 0 Å². The number of methoxy groups -OCH3 is 1. The number of ketones is 1. The number of anilines is 2. The van der Waals surface area contributed by atoms with Crippen LogP contribution in [-0.4, -0.2) is 25.3 Å². The smallest absolute Gasteiger partial charge is 0.239 e. The highest BCUT2D eigenvalue weighted by atomic mass is 19.1. The predicted octanol–water partition coefficient (Wildman–Crippen LogP) is 5.77. The van der Waals surface area contributed by atoms with Crippen LogP contribution in [0.4, 0.5) is 15.8 Å². The largest absolute Gasteiger partial charge is 0.497 e. The van der Waals surface area contributed by atoms with Crippen molar-refractivity contribution in [2.75, 3.05) is 23.9 Å². The zero-order chi connectivity index (χ0) is 26.9. The first-order valence-corrected chi connectivity index (χ1v) is 12.8. The van der Waals surface area contributed by atoms with Crippen molar-refractivity contribution in [1.29, 1.82) is 0 Å². The average Bonchev–Trinajstić information content (AvgIpc) is 3.02. The van der Waals surface area contributed by atoms with Gasteiger partial charge in [-0.15, -0.1) is 0 Å². The Morgan fingerprint density at radius 1 is 1.08 bits per heavy atom. The number of benzene rings is 3. The van der Waals surface area contributed by atoms with Crippen LogP contribution in [0, 0.1) is 11.2 Å². The van der Waals surface area contributed by atoms with Gasteiger partial charge < -0.3 is 20.3 Å². The van der Waals surface area contributed by atoms with E-state index in [4.69, 9.17) is 4.74 Å². The molecule has 3 aromatic carbocycles. The summed E-state index contributed by atoms with van der Waals surface area (Å²) >= 11 is 0. The molecule has 7 heteroatoms. The fourth-order valence-corrected chi connectivity index (χ4v) is 5.40. The Balaban J connectivity index is 1.57. The SMILES string of the molecule is COc1cccc(C2C3=C(CC(C)(C)CC3=O)Nc3ccccc3N2CC(=O)NCc2ccc(F)cc2)c1. The molecule has 0 spiro atoms. The maximum Gasteiger partial charge on any atom is 0.239 e. The molecule has 1 aliphatic carbocycles. The number of hydrogen-bond acceptors (Lipinski definition) is 5. The Morgan fingerprint density at radius 2 is 1.84 bits per heavy atom. The molecule has 0 aromatic heterocycles. The van der Waals surface area contributed by atoms with Crippen LogP contribution in [0.25, 0.3) is 0 Å². The van der Waals surface area contributed by atoms with Gasteiger partial charge in [-0.05, 0) is 59.4 Å². The topological polar surface area (TPSA) is 70.7 Å². The molecule has 0 saturated carbocycles. The van der Waals surface area contributed by atoms with Gasteiger partial charge in [-0.25, -0.2) is 4.39 Å². The van der Waals surface area contributed by atoms with Crippen molar-refractivity contribution in [3.8, 4) is 5.75 Å². The number of para-hydroxylation sites is 2.